The van der Waals surface area contributed by atoms with Crippen molar-refractivity contribution in [1.82, 2.24) is 4.90 Å². The molecule has 0 bridgehead atoms. The van der Waals surface area contributed by atoms with E-state index >= 15 is 0 Å². The number of alkyl halides is 3. The molecule has 8 heteroatoms. The first-order valence-corrected chi connectivity index (χ1v) is 7.43. The Bertz CT molecular complexity index is 617. The Kier molecular flexibility index (Phi) is 5.58. The van der Waals surface area contributed by atoms with Crippen molar-refractivity contribution in [3.05, 3.63) is 52.8 Å². The van der Waals surface area contributed by atoms with E-state index in [4.69, 9.17) is 4.74 Å². The molecular formula is C16H17F3N2O3. The molecule has 2 atom stereocenters. The van der Waals surface area contributed by atoms with Crippen LogP contribution in [0.25, 0.3) is 0 Å². The lowest BCUT2D eigenvalue weighted by Gasteiger charge is -2.34. The summed E-state index contributed by atoms with van der Waals surface area (Å²) in [5.74, 6) is -1.91. The van der Waals surface area contributed by atoms with Crippen LogP contribution in [0.1, 0.15) is 31.4 Å². The zero-order valence-corrected chi connectivity index (χ0v) is 13.0. The van der Waals surface area contributed by atoms with Crippen LogP contribution in [0.4, 0.5) is 13.2 Å². The van der Waals surface area contributed by atoms with Crippen LogP contribution in [-0.2, 0) is 9.53 Å². The first-order chi connectivity index (χ1) is 11.3. The van der Waals surface area contributed by atoms with Crippen molar-refractivity contribution in [2.75, 3.05) is 6.54 Å². The number of nitroso groups, excluding NO2 is 1. The van der Waals surface area contributed by atoms with Gasteiger partial charge in [0.15, 0.2) is 0 Å². The van der Waals surface area contributed by atoms with E-state index in [0.29, 0.717) is 18.4 Å². The average Bonchev–Trinajstić information content (AvgIpc) is 2.59. The van der Waals surface area contributed by atoms with Gasteiger partial charge in [0.2, 0.25) is 0 Å². The van der Waals surface area contributed by atoms with Gasteiger partial charge >= 0.3 is 12.1 Å². The second kappa shape index (κ2) is 7.46. The molecule has 1 aliphatic heterocycles. The molecule has 0 N–H and O–H groups in total. The Morgan fingerprint density at radius 2 is 2.04 bits per heavy atom. The van der Waals surface area contributed by atoms with Gasteiger partial charge in [-0.15, -0.1) is 4.91 Å². The third-order valence-electron chi connectivity index (χ3n) is 3.89. The average molecular weight is 342 g/mol. The minimum Gasteiger partial charge on any atom is -0.494 e. The molecule has 2 rings (SSSR count). The SMILES string of the molecule is C[C@H](c1ccccc1)N(C[C@@H]1CCC(N=O)=CO1)C(=O)C(F)(F)F. The molecule has 24 heavy (non-hydrogen) atoms. The molecule has 1 aromatic rings. The number of rotatable bonds is 5. The van der Waals surface area contributed by atoms with Crippen molar-refractivity contribution in [3.63, 3.8) is 0 Å². The van der Waals surface area contributed by atoms with Crippen LogP contribution in [0.2, 0.25) is 0 Å². The van der Waals surface area contributed by atoms with Crippen LogP contribution in [-0.4, -0.2) is 29.6 Å². The Morgan fingerprint density at radius 1 is 1.38 bits per heavy atom. The Hall–Kier alpha value is -2.38. The molecule has 0 radical (unpaired) electrons. The lowest BCUT2D eigenvalue weighted by Crippen LogP contribution is -2.46. The Morgan fingerprint density at radius 3 is 2.54 bits per heavy atom. The first kappa shape index (κ1) is 18.0. The summed E-state index contributed by atoms with van der Waals surface area (Å²) in [6, 6.07) is 7.70. The molecule has 1 amide bonds. The minimum absolute atomic E-state index is 0.205. The molecule has 0 saturated carbocycles. The van der Waals surface area contributed by atoms with Crippen LogP contribution in [0.5, 0.6) is 0 Å². The van der Waals surface area contributed by atoms with E-state index in [-0.39, 0.29) is 12.2 Å². The van der Waals surface area contributed by atoms with E-state index in [2.05, 4.69) is 5.18 Å². The topological polar surface area (TPSA) is 59.0 Å². The summed E-state index contributed by atoms with van der Waals surface area (Å²) in [4.78, 5) is 23.0. The highest BCUT2D eigenvalue weighted by Crippen LogP contribution is 2.29. The van der Waals surface area contributed by atoms with Gasteiger partial charge in [-0.25, -0.2) is 0 Å². The van der Waals surface area contributed by atoms with Crippen molar-refractivity contribution in [1.29, 1.82) is 0 Å². The van der Waals surface area contributed by atoms with E-state index in [1.54, 1.807) is 30.3 Å². The standard InChI is InChI=1S/C16H17F3N2O3/c1-11(12-5-3-2-4-6-12)21(15(22)16(17,18)19)9-14-8-7-13(20-23)10-24-14/h2-6,10-11,14H,7-9H2,1H3/t11-,14+/m1/s1. The summed E-state index contributed by atoms with van der Waals surface area (Å²) in [7, 11) is 0. The van der Waals surface area contributed by atoms with Gasteiger partial charge in [0.25, 0.3) is 0 Å². The second-order valence-corrected chi connectivity index (χ2v) is 5.54. The molecule has 0 aromatic heterocycles. The number of amides is 1. The lowest BCUT2D eigenvalue weighted by molar-refractivity contribution is -0.189. The number of allylic oxidation sites excluding steroid dienone is 1. The molecule has 0 fully saturated rings. The largest absolute Gasteiger partial charge is 0.494 e. The summed E-state index contributed by atoms with van der Waals surface area (Å²) >= 11 is 0. The monoisotopic (exact) mass is 342 g/mol. The van der Waals surface area contributed by atoms with Crippen LogP contribution in [0.15, 0.2) is 47.5 Å². The van der Waals surface area contributed by atoms with E-state index in [9.17, 15) is 22.9 Å². The maximum absolute atomic E-state index is 12.9. The number of ether oxygens (including phenoxy) is 1. The molecule has 1 heterocycles. The minimum atomic E-state index is -4.97. The maximum Gasteiger partial charge on any atom is 0.471 e. The van der Waals surface area contributed by atoms with Crippen LogP contribution in [0.3, 0.4) is 0 Å². The van der Waals surface area contributed by atoms with E-state index in [0.717, 1.165) is 11.2 Å². The van der Waals surface area contributed by atoms with E-state index in [1.165, 1.54) is 6.92 Å². The molecule has 0 unspecified atom stereocenters. The van der Waals surface area contributed by atoms with Gasteiger partial charge in [0, 0.05) is 0 Å². The number of carbonyl (C=O) groups excluding carboxylic acids is 1. The van der Waals surface area contributed by atoms with Gasteiger partial charge in [-0.2, -0.15) is 13.2 Å². The highest BCUT2D eigenvalue weighted by molar-refractivity contribution is 5.82. The summed E-state index contributed by atoms with van der Waals surface area (Å²) in [5, 5.41) is 2.74. The normalized spacial score (nSPS) is 19.0. The molecular weight excluding hydrogens is 325 g/mol. The van der Waals surface area contributed by atoms with Crippen molar-refractivity contribution in [3.8, 4) is 0 Å². The number of benzene rings is 1. The van der Waals surface area contributed by atoms with Crippen molar-refractivity contribution in [2.45, 2.75) is 38.1 Å². The third-order valence-corrected chi connectivity index (χ3v) is 3.89. The van der Waals surface area contributed by atoms with Gasteiger partial charge in [0.05, 0.1) is 12.6 Å². The van der Waals surface area contributed by atoms with Gasteiger partial charge in [-0.3, -0.25) is 4.79 Å². The number of carbonyl (C=O) groups is 1. The second-order valence-electron chi connectivity index (χ2n) is 5.54. The van der Waals surface area contributed by atoms with E-state index < -0.39 is 24.2 Å². The van der Waals surface area contributed by atoms with Gasteiger partial charge in [-0.1, -0.05) is 30.3 Å². The highest BCUT2D eigenvalue weighted by Gasteiger charge is 2.45. The van der Waals surface area contributed by atoms with E-state index in [1.807, 2.05) is 0 Å². The molecule has 5 nitrogen and oxygen atoms in total. The fraction of sp³-hybridized carbons (Fsp3) is 0.438. The molecule has 1 aromatic carbocycles. The number of halogens is 3. The van der Waals surface area contributed by atoms with Gasteiger partial charge < -0.3 is 9.64 Å². The van der Waals surface area contributed by atoms with Crippen LogP contribution < -0.4 is 0 Å². The zero-order valence-electron chi connectivity index (χ0n) is 13.0. The quantitative estimate of drug-likeness (QED) is 0.762. The molecule has 1 aliphatic rings. The first-order valence-electron chi connectivity index (χ1n) is 7.43. The molecule has 0 aliphatic carbocycles. The molecule has 130 valence electrons. The lowest BCUT2D eigenvalue weighted by atomic mass is 10.0. The smallest absolute Gasteiger partial charge is 0.471 e. The van der Waals surface area contributed by atoms with Crippen molar-refractivity contribution < 1.29 is 22.7 Å². The van der Waals surface area contributed by atoms with Crippen LogP contribution in [0, 0.1) is 4.91 Å². The van der Waals surface area contributed by atoms with Crippen molar-refractivity contribution in [2.24, 2.45) is 5.18 Å². The van der Waals surface area contributed by atoms with Gasteiger partial charge in [-0.05, 0) is 30.5 Å². The number of nitrogens with zero attached hydrogens (tertiary/aromatic N) is 2. The van der Waals surface area contributed by atoms with Gasteiger partial charge in [0.1, 0.15) is 18.1 Å². The summed E-state index contributed by atoms with van der Waals surface area (Å²) in [6.07, 6.45) is -3.82. The summed E-state index contributed by atoms with van der Waals surface area (Å²) < 4.78 is 44.1. The zero-order chi connectivity index (χ0) is 17.7. The molecule has 0 saturated heterocycles. The highest BCUT2D eigenvalue weighted by atomic mass is 19.4. The summed E-state index contributed by atoms with van der Waals surface area (Å²) in [6.45, 7) is 1.31. The number of hydrogen-bond donors (Lipinski definition) is 0. The number of hydrogen-bond acceptors (Lipinski definition) is 4. The van der Waals surface area contributed by atoms with Crippen LogP contribution >= 0.6 is 0 Å². The third kappa shape index (κ3) is 4.33. The predicted molar refractivity (Wildman–Crippen MR) is 80.6 cm³/mol. The molecule has 0 spiro atoms. The Labute approximate surface area is 137 Å². The van der Waals surface area contributed by atoms with Crippen molar-refractivity contribution >= 4 is 5.91 Å². The predicted octanol–water partition coefficient (Wildman–Crippen LogP) is 3.93. The Balaban J connectivity index is 2.19. The fourth-order valence-electron chi connectivity index (χ4n) is 2.52. The fourth-order valence-corrected chi connectivity index (χ4v) is 2.52. The maximum atomic E-state index is 12.9. The summed E-state index contributed by atoms with van der Waals surface area (Å²) in [5.41, 5.74) is 0.799.